The Bertz CT molecular complexity index is 726. The lowest BCUT2D eigenvalue weighted by molar-refractivity contribution is -0.141. The van der Waals surface area contributed by atoms with Gasteiger partial charge >= 0.3 is 6.18 Å². The summed E-state index contributed by atoms with van der Waals surface area (Å²) in [6.45, 7) is 1.96. The molecule has 4 nitrogen and oxygen atoms in total. The lowest BCUT2D eigenvalue weighted by Crippen LogP contribution is -2.29. The molecule has 2 aromatic heterocycles. The molecular formula is C15H15F3N4S. The van der Waals surface area contributed by atoms with Crippen molar-refractivity contribution in [1.82, 2.24) is 14.9 Å². The first-order chi connectivity index (χ1) is 11.0. The monoisotopic (exact) mass is 340 g/mol. The smallest absolute Gasteiger partial charge is 0.334 e. The normalized spacial score (nSPS) is 17.7. The molecule has 0 unspecified atom stereocenters. The Balaban J connectivity index is 1.53. The highest BCUT2D eigenvalue weighted by molar-refractivity contribution is 7.10. The third-order valence-electron chi connectivity index (χ3n) is 3.90. The van der Waals surface area contributed by atoms with Crippen molar-refractivity contribution in [3.63, 3.8) is 0 Å². The number of hydrogen-bond acceptors (Lipinski definition) is 4. The molecule has 1 N–H and O–H groups in total. The first-order valence-electron chi connectivity index (χ1n) is 7.27. The number of halogens is 3. The number of nitrogens with zero attached hydrogens (tertiary/aromatic N) is 3. The van der Waals surface area contributed by atoms with E-state index >= 15 is 0 Å². The maximum absolute atomic E-state index is 12.7. The molecule has 0 aliphatic carbocycles. The molecule has 8 heteroatoms. The van der Waals surface area contributed by atoms with Crippen LogP contribution in [0.2, 0.25) is 0 Å². The summed E-state index contributed by atoms with van der Waals surface area (Å²) in [6.07, 6.45) is -1.87. The lowest BCUT2D eigenvalue weighted by atomic mass is 9.99. The molecule has 0 bridgehead atoms. The van der Waals surface area contributed by atoms with Crippen molar-refractivity contribution in [2.45, 2.75) is 32.1 Å². The van der Waals surface area contributed by atoms with Gasteiger partial charge in [0, 0.05) is 42.5 Å². The van der Waals surface area contributed by atoms with E-state index in [0.717, 1.165) is 24.0 Å². The Morgan fingerprint density at radius 2 is 2.30 bits per heavy atom. The van der Waals surface area contributed by atoms with Crippen molar-refractivity contribution in [2.24, 2.45) is 5.92 Å². The fraction of sp³-hybridized carbons (Fsp3) is 0.467. The first-order valence-corrected chi connectivity index (χ1v) is 8.15. The zero-order valence-electron chi connectivity index (χ0n) is 12.2. The van der Waals surface area contributed by atoms with E-state index in [1.807, 2.05) is 11.4 Å². The van der Waals surface area contributed by atoms with E-state index in [2.05, 4.69) is 16.4 Å². The van der Waals surface area contributed by atoms with Crippen LogP contribution in [0.5, 0.6) is 0 Å². The van der Waals surface area contributed by atoms with Crippen LogP contribution in [-0.2, 0) is 25.7 Å². The van der Waals surface area contributed by atoms with Crippen LogP contribution in [0.25, 0.3) is 0 Å². The summed E-state index contributed by atoms with van der Waals surface area (Å²) < 4.78 is 39.7. The van der Waals surface area contributed by atoms with Gasteiger partial charge in [0.1, 0.15) is 11.9 Å². The molecule has 2 aromatic rings. The molecule has 0 saturated carbocycles. The molecule has 3 rings (SSSR count). The molecule has 0 amide bonds. The van der Waals surface area contributed by atoms with Crippen LogP contribution in [0, 0.1) is 17.2 Å². The number of alkyl halides is 3. The summed E-state index contributed by atoms with van der Waals surface area (Å²) in [5.41, 5.74) is -0.143. The van der Waals surface area contributed by atoms with Gasteiger partial charge in [-0.15, -0.1) is 11.3 Å². The van der Waals surface area contributed by atoms with Crippen molar-refractivity contribution < 1.29 is 13.2 Å². The van der Waals surface area contributed by atoms with Gasteiger partial charge in [0.05, 0.1) is 5.56 Å². The van der Waals surface area contributed by atoms with Gasteiger partial charge in [-0.3, -0.25) is 0 Å². The van der Waals surface area contributed by atoms with Crippen LogP contribution in [0.3, 0.4) is 0 Å². The molecule has 1 atom stereocenters. The minimum atomic E-state index is -4.38. The van der Waals surface area contributed by atoms with Gasteiger partial charge in [-0.1, -0.05) is 0 Å². The number of nitriles is 1. The highest BCUT2D eigenvalue weighted by atomic mass is 32.1. The maximum atomic E-state index is 12.7. The van der Waals surface area contributed by atoms with E-state index in [0.29, 0.717) is 30.9 Å². The second-order valence-corrected chi connectivity index (χ2v) is 6.64. The number of hydrogen-bond donors (Lipinski definition) is 1. The maximum Gasteiger partial charge on any atom is 0.434 e. The number of fused-ring (bicyclic) bond motifs is 1. The minimum absolute atomic E-state index is 0.285. The number of rotatable bonds is 4. The van der Waals surface area contributed by atoms with Crippen molar-refractivity contribution in [3.05, 3.63) is 39.6 Å². The number of nitrogens with one attached hydrogen (secondary N) is 1. The molecule has 1 aliphatic rings. The number of imidazole rings is 1. The van der Waals surface area contributed by atoms with E-state index in [1.54, 1.807) is 4.57 Å². The minimum Gasteiger partial charge on any atom is -0.334 e. The number of thiophene rings is 1. The fourth-order valence-electron chi connectivity index (χ4n) is 2.75. The van der Waals surface area contributed by atoms with Gasteiger partial charge < -0.3 is 9.88 Å². The highest BCUT2D eigenvalue weighted by Crippen LogP contribution is 2.30. The molecule has 0 radical (unpaired) electrons. The highest BCUT2D eigenvalue weighted by Gasteiger charge is 2.35. The van der Waals surface area contributed by atoms with Gasteiger partial charge in [0.25, 0.3) is 0 Å². The van der Waals surface area contributed by atoms with Crippen LogP contribution in [-0.4, -0.2) is 16.1 Å². The topological polar surface area (TPSA) is 53.6 Å². The molecule has 23 heavy (non-hydrogen) atoms. The number of aryl methyl sites for hydroxylation is 1. The Labute approximate surface area is 135 Å². The Hall–Kier alpha value is -1.85. The molecule has 122 valence electrons. The van der Waals surface area contributed by atoms with E-state index in [1.165, 1.54) is 11.3 Å². The second-order valence-electron chi connectivity index (χ2n) is 5.64. The Morgan fingerprint density at radius 3 is 3.00 bits per heavy atom. The molecule has 0 aromatic carbocycles. The summed E-state index contributed by atoms with van der Waals surface area (Å²) in [5.74, 6) is 0.804. The lowest BCUT2D eigenvalue weighted by Gasteiger charge is -2.23. The first kappa shape index (κ1) is 16.0. The van der Waals surface area contributed by atoms with E-state index in [-0.39, 0.29) is 5.92 Å². The van der Waals surface area contributed by atoms with Crippen molar-refractivity contribution >= 4 is 11.3 Å². The predicted octanol–water partition coefficient (Wildman–Crippen LogP) is 3.19. The summed E-state index contributed by atoms with van der Waals surface area (Å²) >= 11 is 1.53. The molecule has 0 spiro atoms. The fourth-order valence-corrected chi connectivity index (χ4v) is 3.53. The molecule has 0 fully saturated rings. The van der Waals surface area contributed by atoms with Crippen LogP contribution in [0.4, 0.5) is 13.2 Å². The van der Waals surface area contributed by atoms with E-state index < -0.39 is 11.9 Å². The van der Waals surface area contributed by atoms with Crippen LogP contribution in [0.1, 0.15) is 28.4 Å². The Kier molecular flexibility index (Phi) is 4.41. The largest absolute Gasteiger partial charge is 0.434 e. The van der Waals surface area contributed by atoms with Gasteiger partial charge in [0.15, 0.2) is 5.69 Å². The average Bonchev–Trinajstić information content (AvgIpc) is 3.12. The summed E-state index contributed by atoms with van der Waals surface area (Å²) in [7, 11) is 0. The number of aromatic nitrogens is 2. The average molecular weight is 340 g/mol. The van der Waals surface area contributed by atoms with E-state index in [4.69, 9.17) is 5.26 Å². The van der Waals surface area contributed by atoms with Crippen LogP contribution >= 0.6 is 11.3 Å². The zero-order valence-corrected chi connectivity index (χ0v) is 13.0. The van der Waals surface area contributed by atoms with Gasteiger partial charge in [-0.25, -0.2) is 4.98 Å². The van der Waals surface area contributed by atoms with Gasteiger partial charge in [0.2, 0.25) is 0 Å². The third kappa shape index (κ3) is 3.74. The van der Waals surface area contributed by atoms with E-state index in [9.17, 15) is 13.2 Å². The van der Waals surface area contributed by atoms with Crippen molar-refractivity contribution in [1.29, 1.82) is 5.26 Å². The SMILES string of the molecule is N#Cc1csc(CNC[C@H]2CCc3nc(C(F)(F)F)cn3C2)c1. The summed E-state index contributed by atoms with van der Waals surface area (Å²) in [6, 6.07) is 3.94. The molecular weight excluding hydrogens is 325 g/mol. The standard InChI is InChI=1S/C15H15F3N4S/c16-15(17,18)13-8-22-7-10(1-2-14(22)21-13)5-20-6-12-3-11(4-19)9-23-12/h3,8-10,20H,1-2,5-7H2/t10-/m1/s1. The summed E-state index contributed by atoms with van der Waals surface area (Å²) in [4.78, 5) is 4.77. The van der Waals surface area contributed by atoms with Gasteiger partial charge in [-0.05, 0) is 18.4 Å². The quantitative estimate of drug-likeness (QED) is 0.930. The Morgan fingerprint density at radius 1 is 1.48 bits per heavy atom. The molecule has 3 heterocycles. The van der Waals surface area contributed by atoms with Gasteiger partial charge in [-0.2, -0.15) is 18.4 Å². The predicted molar refractivity (Wildman–Crippen MR) is 79.8 cm³/mol. The van der Waals surface area contributed by atoms with Crippen LogP contribution in [0.15, 0.2) is 17.6 Å². The zero-order chi connectivity index (χ0) is 16.4. The van der Waals surface area contributed by atoms with Crippen molar-refractivity contribution in [3.8, 4) is 6.07 Å². The second kappa shape index (κ2) is 6.34. The summed E-state index contributed by atoms with van der Waals surface area (Å²) in [5, 5.41) is 13.9. The molecule has 0 saturated heterocycles. The molecule has 1 aliphatic heterocycles. The van der Waals surface area contributed by atoms with Crippen molar-refractivity contribution in [2.75, 3.05) is 6.54 Å². The van der Waals surface area contributed by atoms with Crippen LogP contribution < -0.4 is 5.32 Å². The third-order valence-corrected chi connectivity index (χ3v) is 4.83.